The van der Waals surface area contributed by atoms with Crippen LogP contribution in [-0.2, 0) is 13.8 Å². The molecule has 0 unspecified atom stereocenters. The van der Waals surface area contributed by atoms with E-state index in [0.717, 1.165) is 0 Å². The number of aromatic amines is 1. The number of alkyl halides is 4. The van der Waals surface area contributed by atoms with Gasteiger partial charge in [-0.3, -0.25) is 18.9 Å². The molecule has 3 heterocycles. The molecule has 236 valence electrons. The zero-order valence-corrected chi connectivity index (χ0v) is 23.6. The number of ether oxygens (including phenoxy) is 3. The Morgan fingerprint density at radius 1 is 1.05 bits per heavy atom. The predicted molar refractivity (Wildman–Crippen MR) is 143 cm³/mol. The fourth-order valence-corrected chi connectivity index (χ4v) is 5.56. The monoisotopic (exact) mass is 645 g/mol. The first-order valence-electron chi connectivity index (χ1n) is 12.5. The number of H-pyrrole nitrogens is 1. The molecule has 0 aliphatic carbocycles. The predicted octanol–water partition coefficient (Wildman–Crippen LogP) is 3.53. The third-order valence-electron chi connectivity index (χ3n) is 6.56. The summed E-state index contributed by atoms with van der Waals surface area (Å²) in [5, 5.41) is 10.6. The Labute approximate surface area is 244 Å². The normalized spacial score (nSPS) is 21.5. The maximum absolute atomic E-state index is 15.5. The molecule has 0 radical (unpaired) electrons. The minimum absolute atomic E-state index is 0.136. The molecule has 4 N–H and O–H groups in total. The summed E-state index contributed by atoms with van der Waals surface area (Å²) in [4.78, 5) is 21.7. The SMILES string of the molecule is COc1ccc(OP(=O)(OC[C@@]2(C(F)F)O[C@@H](n3cnc4c(=O)[nH]c(N)nc43)C(F)(F)[C@@H]2O)Oc2ccc(OC)cc2)cc1. The van der Waals surface area contributed by atoms with Crippen LogP contribution in [0.15, 0.2) is 59.7 Å². The molecule has 0 spiro atoms. The fraction of sp³-hybridized carbons (Fsp3) is 0.320. The number of hydrogen-bond acceptors (Lipinski definition) is 12. The average Bonchev–Trinajstić information content (AvgIpc) is 3.49. The molecule has 0 bridgehead atoms. The van der Waals surface area contributed by atoms with Crippen molar-refractivity contribution < 1.29 is 55.0 Å². The highest BCUT2D eigenvalue weighted by Crippen LogP contribution is 2.55. The summed E-state index contributed by atoms with van der Waals surface area (Å²) in [6, 6.07) is 10.9. The number of methoxy groups -OCH3 is 2. The van der Waals surface area contributed by atoms with Gasteiger partial charge < -0.3 is 34.1 Å². The second kappa shape index (κ2) is 11.6. The van der Waals surface area contributed by atoms with Gasteiger partial charge in [0.15, 0.2) is 22.9 Å². The van der Waals surface area contributed by atoms with Crippen LogP contribution in [0.5, 0.6) is 23.0 Å². The van der Waals surface area contributed by atoms with Crippen LogP contribution >= 0.6 is 7.82 Å². The molecule has 14 nitrogen and oxygen atoms in total. The van der Waals surface area contributed by atoms with Crippen molar-refractivity contribution in [3.8, 4) is 23.0 Å². The summed E-state index contributed by atoms with van der Waals surface area (Å²) in [6.07, 6.45) is -9.09. The number of halogens is 4. The minimum atomic E-state index is -4.99. The number of phosphoric acid groups is 1. The van der Waals surface area contributed by atoms with Crippen LogP contribution in [0.2, 0.25) is 0 Å². The van der Waals surface area contributed by atoms with E-state index in [1.54, 1.807) is 0 Å². The lowest BCUT2D eigenvalue weighted by Crippen LogP contribution is -2.54. The number of nitrogens with zero attached hydrogens (tertiary/aromatic N) is 3. The number of rotatable bonds is 11. The van der Waals surface area contributed by atoms with Crippen molar-refractivity contribution in [1.82, 2.24) is 19.5 Å². The molecular formula is C25H24F4N5O9P. The van der Waals surface area contributed by atoms with Gasteiger partial charge in [0.25, 0.3) is 12.0 Å². The van der Waals surface area contributed by atoms with Crippen molar-refractivity contribution in [2.24, 2.45) is 0 Å². The number of benzene rings is 2. The molecule has 0 amide bonds. The summed E-state index contributed by atoms with van der Waals surface area (Å²) >= 11 is 0. The second-order valence-corrected chi connectivity index (χ2v) is 10.9. The molecule has 19 heteroatoms. The maximum atomic E-state index is 15.5. The van der Waals surface area contributed by atoms with E-state index in [1.807, 2.05) is 0 Å². The van der Waals surface area contributed by atoms with E-state index in [4.69, 9.17) is 33.5 Å². The number of aromatic nitrogens is 4. The highest BCUT2D eigenvalue weighted by Gasteiger charge is 2.71. The number of imidazole rings is 1. The topological polar surface area (TPSA) is 182 Å². The summed E-state index contributed by atoms with van der Waals surface area (Å²) in [5.41, 5.74) is 0.114. The summed E-state index contributed by atoms with van der Waals surface area (Å²) in [5.74, 6) is -4.43. The molecule has 0 saturated carbocycles. The molecule has 4 aromatic rings. The number of aliphatic hydroxyl groups excluding tert-OH is 1. The highest BCUT2D eigenvalue weighted by molar-refractivity contribution is 7.49. The number of nitrogen functional groups attached to an aromatic ring is 1. The Balaban J connectivity index is 1.49. The lowest BCUT2D eigenvalue weighted by molar-refractivity contribution is -0.192. The number of aliphatic hydroxyl groups is 1. The van der Waals surface area contributed by atoms with Crippen molar-refractivity contribution in [2.45, 2.75) is 30.3 Å². The Morgan fingerprint density at radius 3 is 2.07 bits per heavy atom. The van der Waals surface area contributed by atoms with E-state index in [-0.39, 0.29) is 11.5 Å². The molecule has 5 rings (SSSR count). The number of phosphoric ester groups is 1. The van der Waals surface area contributed by atoms with E-state index in [1.165, 1.54) is 62.8 Å². The smallest absolute Gasteiger partial charge is 0.497 e. The van der Waals surface area contributed by atoms with Crippen molar-refractivity contribution in [3.63, 3.8) is 0 Å². The van der Waals surface area contributed by atoms with E-state index >= 15 is 8.78 Å². The van der Waals surface area contributed by atoms with Crippen molar-refractivity contribution in [3.05, 3.63) is 65.2 Å². The molecule has 44 heavy (non-hydrogen) atoms. The number of nitrogens with two attached hydrogens (primary N) is 1. The highest BCUT2D eigenvalue weighted by atomic mass is 31.2. The lowest BCUT2D eigenvalue weighted by atomic mass is 9.96. The Bertz CT molecular complexity index is 1690. The van der Waals surface area contributed by atoms with Crippen LogP contribution in [-0.4, -0.2) is 69.5 Å². The van der Waals surface area contributed by atoms with E-state index in [9.17, 15) is 23.2 Å². The van der Waals surface area contributed by atoms with Gasteiger partial charge in [0.05, 0.1) is 27.2 Å². The second-order valence-electron chi connectivity index (χ2n) is 9.33. The Hall–Kier alpha value is -4.38. The molecule has 1 fully saturated rings. The summed E-state index contributed by atoms with van der Waals surface area (Å²) in [7, 11) is -2.20. The number of hydrogen-bond donors (Lipinski definition) is 3. The van der Waals surface area contributed by atoms with Crippen LogP contribution in [0.25, 0.3) is 11.2 Å². The van der Waals surface area contributed by atoms with Gasteiger partial charge in [-0.15, -0.1) is 0 Å². The van der Waals surface area contributed by atoms with Crippen LogP contribution in [0.1, 0.15) is 6.23 Å². The van der Waals surface area contributed by atoms with Crippen molar-refractivity contribution in [2.75, 3.05) is 26.6 Å². The van der Waals surface area contributed by atoms with Gasteiger partial charge in [-0.2, -0.15) is 13.8 Å². The fourth-order valence-electron chi connectivity index (χ4n) is 4.30. The first-order valence-corrected chi connectivity index (χ1v) is 13.9. The van der Waals surface area contributed by atoms with Crippen LogP contribution in [0, 0.1) is 0 Å². The quantitative estimate of drug-likeness (QED) is 0.160. The van der Waals surface area contributed by atoms with Gasteiger partial charge in [-0.1, -0.05) is 0 Å². The molecule has 2 aromatic heterocycles. The van der Waals surface area contributed by atoms with E-state index in [2.05, 4.69) is 15.0 Å². The lowest BCUT2D eigenvalue weighted by Gasteiger charge is -2.31. The van der Waals surface area contributed by atoms with Crippen LogP contribution < -0.4 is 29.8 Å². The van der Waals surface area contributed by atoms with Gasteiger partial charge >= 0.3 is 13.7 Å². The average molecular weight is 645 g/mol. The number of nitrogens with one attached hydrogen (secondary N) is 1. The number of fused-ring (bicyclic) bond motifs is 1. The zero-order valence-electron chi connectivity index (χ0n) is 22.7. The molecule has 1 saturated heterocycles. The largest absolute Gasteiger partial charge is 0.587 e. The van der Waals surface area contributed by atoms with Gasteiger partial charge in [0.1, 0.15) is 23.0 Å². The van der Waals surface area contributed by atoms with E-state index in [0.29, 0.717) is 22.4 Å². The molecule has 1 aliphatic rings. The molecule has 3 atom stereocenters. The summed E-state index contributed by atoms with van der Waals surface area (Å²) in [6.45, 7) is -1.62. The van der Waals surface area contributed by atoms with Crippen LogP contribution in [0.4, 0.5) is 23.5 Å². The Kier molecular flexibility index (Phi) is 8.19. The van der Waals surface area contributed by atoms with Crippen molar-refractivity contribution >= 4 is 24.9 Å². The van der Waals surface area contributed by atoms with Gasteiger partial charge in [-0.05, 0) is 48.5 Å². The van der Waals surface area contributed by atoms with Gasteiger partial charge in [0.2, 0.25) is 12.2 Å². The summed E-state index contributed by atoms with van der Waals surface area (Å²) < 4.78 is 106. The van der Waals surface area contributed by atoms with Gasteiger partial charge in [-0.25, -0.2) is 18.3 Å². The van der Waals surface area contributed by atoms with E-state index < -0.39 is 67.4 Å². The van der Waals surface area contributed by atoms with Gasteiger partial charge in [0, 0.05) is 0 Å². The zero-order chi connectivity index (χ0) is 31.9. The standard InChI is InChI=1S/C25H24F4N5O9P/c1-38-13-3-7-15(8-4-13)42-44(37,43-16-9-5-14(39-2)6-10-16)40-11-24(21(26)27)20(36)25(28,29)22(41-24)34-12-31-17-18(34)32-23(30)33-19(17)35/h3-10,12,20-22,36H,11H2,1-2H3,(H3,30,32,33,35)/t20-,22-,24-/m1/s1. The first-order chi connectivity index (χ1) is 20.8. The van der Waals surface area contributed by atoms with Crippen molar-refractivity contribution in [1.29, 1.82) is 0 Å². The third kappa shape index (κ3) is 5.63. The molecule has 1 aliphatic heterocycles. The third-order valence-corrected chi connectivity index (χ3v) is 7.88. The number of anilines is 1. The Morgan fingerprint density at radius 2 is 1.57 bits per heavy atom. The minimum Gasteiger partial charge on any atom is -0.497 e. The first kappa shape index (κ1) is 31.1. The molecular weight excluding hydrogens is 621 g/mol. The maximum Gasteiger partial charge on any atom is 0.587 e. The molecule has 2 aromatic carbocycles. The van der Waals surface area contributed by atoms with Crippen LogP contribution in [0.3, 0.4) is 0 Å².